The van der Waals surface area contributed by atoms with Crippen LogP contribution < -0.4 is 16.0 Å². The molecular weight excluding hydrogens is 446 g/mol. The van der Waals surface area contributed by atoms with Gasteiger partial charge in [0.25, 0.3) is 0 Å². The van der Waals surface area contributed by atoms with Crippen LogP contribution in [0, 0.1) is 0 Å². The summed E-state index contributed by atoms with van der Waals surface area (Å²) < 4.78 is 26.8. The number of hydrazine groups is 2. The number of sulfone groups is 1. The Morgan fingerprint density at radius 2 is 1.75 bits per heavy atom. The summed E-state index contributed by atoms with van der Waals surface area (Å²) in [6.07, 6.45) is 0. The summed E-state index contributed by atoms with van der Waals surface area (Å²) in [5.41, 5.74) is 8.56. The number of rotatable bonds is 4. The van der Waals surface area contributed by atoms with E-state index >= 15 is 0 Å². The highest BCUT2D eigenvalue weighted by molar-refractivity contribution is 7.95. The van der Waals surface area contributed by atoms with Gasteiger partial charge in [-0.15, -0.1) is 5.53 Å². The van der Waals surface area contributed by atoms with Crippen molar-refractivity contribution >= 4 is 33.0 Å². The van der Waals surface area contributed by atoms with E-state index in [0.717, 1.165) is 16.8 Å². The first-order valence-corrected chi connectivity index (χ1v) is 11.8. The molecule has 0 unspecified atom stereocenters. The van der Waals surface area contributed by atoms with Crippen molar-refractivity contribution in [2.75, 3.05) is 12.1 Å². The fourth-order valence-electron chi connectivity index (χ4n) is 3.77. The number of nitrogens with zero attached hydrogens (tertiary/aromatic N) is 3. The molecule has 2 heterocycles. The molecule has 0 saturated heterocycles. The fourth-order valence-corrected chi connectivity index (χ4v) is 5.36. The first kappa shape index (κ1) is 20.6. The predicted octanol–water partition coefficient (Wildman–Crippen LogP) is 3.66. The van der Waals surface area contributed by atoms with Crippen molar-refractivity contribution < 1.29 is 8.42 Å². The van der Waals surface area contributed by atoms with Gasteiger partial charge in [0.15, 0.2) is 10.9 Å². The number of aliphatic imine (C=N–C) groups is 1. The minimum atomic E-state index is -3.89. The number of nitrogens with one attached hydrogen (secondary N) is 2. The third-order valence-electron chi connectivity index (χ3n) is 5.29. The maximum atomic E-state index is 13.4. The van der Waals surface area contributed by atoms with Gasteiger partial charge >= 0.3 is 0 Å². The second kappa shape index (κ2) is 7.98. The molecule has 0 atom stereocenters. The predicted molar refractivity (Wildman–Crippen MR) is 125 cm³/mol. The van der Waals surface area contributed by atoms with Crippen molar-refractivity contribution in [1.29, 1.82) is 0 Å². The standard InChI is InChI=1S/C23H20ClN5O2S/c1-28(15-16-8-3-2-4-9-16)21-19-12-5-6-13-20(19)29-22(25-21)23(26-27-29)32(30,31)18-11-7-10-17(24)14-18/h2-14,26-27H,15H2,1H3. The summed E-state index contributed by atoms with van der Waals surface area (Å²) >= 11 is 6.04. The van der Waals surface area contributed by atoms with Crippen molar-refractivity contribution in [1.82, 2.24) is 15.9 Å². The minimum Gasteiger partial charge on any atom is -0.355 e. The largest absolute Gasteiger partial charge is 0.355 e. The van der Waals surface area contributed by atoms with Crippen molar-refractivity contribution in [3.05, 3.63) is 106 Å². The van der Waals surface area contributed by atoms with Crippen molar-refractivity contribution in [3.63, 3.8) is 0 Å². The molecule has 2 N–H and O–H groups in total. The van der Waals surface area contributed by atoms with Crippen LogP contribution in [0.4, 0.5) is 5.69 Å². The van der Waals surface area contributed by atoms with Crippen LogP contribution in [0.5, 0.6) is 0 Å². The molecule has 2 aliphatic rings. The summed E-state index contributed by atoms with van der Waals surface area (Å²) in [7, 11) is -1.94. The number of fused-ring (bicyclic) bond motifs is 3. The van der Waals surface area contributed by atoms with Crippen LogP contribution in [-0.2, 0) is 16.4 Å². The highest BCUT2D eigenvalue weighted by atomic mass is 35.5. The van der Waals surface area contributed by atoms with Gasteiger partial charge in [-0.25, -0.2) is 18.4 Å². The second-order valence-electron chi connectivity index (χ2n) is 7.48. The van der Waals surface area contributed by atoms with E-state index in [2.05, 4.69) is 11.0 Å². The van der Waals surface area contributed by atoms with E-state index in [4.69, 9.17) is 16.6 Å². The molecule has 5 rings (SSSR count). The number of hydrogen-bond acceptors (Lipinski definition) is 7. The van der Waals surface area contributed by atoms with Crippen LogP contribution in [0.25, 0.3) is 0 Å². The van der Waals surface area contributed by atoms with Crippen LogP contribution in [0.2, 0.25) is 5.02 Å². The molecule has 0 spiro atoms. The molecular formula is C23H20ClN5O2S. The fraction of sp³-hybridized carbons (Fsp3) is 0.0870. The lowest BCUT2D eigenvalue weighted by molar-refractivity contribution is 0.498. The normalized spacial score (nSPS) is 15.1. The maximum absolute atomic E-state index is 13.4. The topological polar surface area (TPSA) is 77.0 Å². The van der Waals surface area contributed by atoms with E-state index in [1.54, 1.807) is 17.1 Å². The van der Waals surface area contributed by atoms with E-state index in [9.17, 15) is 8.42 Å². The summed E-state index contributed by atoms with van der Waals surface area (Å²) in [6.45, 7) is 0.624. The van der Waals surface area contributed by atoms with E-state index in [0.29, 0.717) is 17.4 Å². The molecule has 0 bridgehead atoms. The van der Waals surface area contributed by atoms with Gasteiger partial charge in [0, 0.05) is 24.2 Å². The smallest absolute Gasteiger partial charge is 0.226 e. The number of benzene rings is 3. The number of para-hydroxylation sites is 1. The first-order chi connectivity index (χ1) is 15.4. The second-order valence-corrected chi connectivity index (χ2v) is 9.80. The molecule has 7 nitrogen and oxygen atoms in total. The number of anilines is 1. The monoisotopic (exact) mass is 465 g/mol. The third-order valence-corrected chi connectivity index (χ3v) is 7.22. The Morgan fingerprint density at radius 3 is 2.53 bits per heavy atom. The third kappa shape index (κ3) is 3.52. The van der Waals surface area contributed by atoms with Gasteiger partial charge in [0.05, 0.1) is 10.6 Å². The summed E-state index contributed by atoms with van der Waals surface area (Å²) in [5.74, 6) is 0.957. The quantitative estimate of drug-likeness (QED) is 0.612. The summed E-state index contributed by atoms with van der Waals surface area (Å²) in [6, 6.07) is 24.0. The van der Waals surface area contributed by atoms with Gasteiger partial charge in [-0.2, -0.15) is 0 Å². The van der Waals surface area contributed by atoms with Crippen molar-refractivity contribution in [3.8, 4) is 0 Å². The molecule has 0 amide bonds. The van der Waals surface area contributed by atoms with Gasteiger partial charge in [0.2, 0.25) is 9.84 Å². The zero-order chi connectivity index (χ0) is 22.3. The Hall–Kier alpha value is -3.33. The maximum Gasteiger partial charge on any atom is 0.226 e. The molecule has 9 heteroatoms. The molecule has 32 heavy (non-hydrogen) atoms. The molecule has 3 aromatic rings. The Kier molecular flexibility index (Phi) is 5.13. The molecule has 0 aliphatic carbocycles. The Morgan fingerprint density at radius 1 is 1.00 bits per heavy atom. The van der Waals surface area contributed by atoms with Gasteiger partial charge < -0.3 is 4.90 Å². The Balaban J connectivity index is 1.63. The van der Waals surface area contributed by atoms with E-state index in [-0.39, 0.29) is 15.7 Å². The van der Waals surface area contributed by atoms with Crippen LogP contribution in [0.3, 0.4) is 0 Å². The zero-order valence-electron chi connectivity index (χ0n) is 17.2. The van der Waals surface area contributed by atoms with E-state index in [1.807, 2.05) is 66.5 Å². The highest BCUT2D eigenvalue weighted by Gasteiger charge is 2.38. The van der Waals surface area contributed by atoms with Crippen LogP contribution in [0.1, 0.15) is 11.1 Å². The molecule has 3 aromatic carbocycles. The Labute approximate surface area is 191 Å². The zero-order valence-corrected chi connectivity index (χ0v) is 18.7. The summed E-state index contributed by atoms with van der Waals surface area (Å²) in [4.78, 5) is 6.90. The van der Waals surface area contributed by atoms with Gasteiger partial charge in [-0.05, 0) is 35.9 Å². The number of halogens is 1. The van der Waals surface area contributed by atoms with E-state index in [1.165, 1.54) is 12.1 Å². The first-order valence-electron chi connectivity index (χ1n) is 9.95. The van der Waals surface area contributed by atoms with Gasteiger partial charge in [-0.3, -0.25) is 5.43 Å². The SMILES string of the molecule is CN(Cc1ccccc1)C1=NC2=C(S(=O)(=O)c3cccc(Cl)c3)NNN2c2ccccc21. The van der Waals surface area contributed by atoms with Gasteiger partial charge in [-0.1, -0.05) is 60.1 Å². The Bertz CT molecular complexity index is 1360. The van der Waals surface area contributed by atoms with Crippen LogP contribution >= 0.6 is 11.6 Å². The molecule has 162 valence electrons. The average Bonchev–Trinajstić information content (AvgIpc) is 3.24. The van der Waals surface area contributed by atoms with Gasteiger partial charge in [0.1, 0.15) is 5.84 Å². The molecule has 0 fully saturated rings. The van der Waals surface area contributed by atoms with Crippen LogP contribution in [0.15, 0.2) is 99.6 Å². The molecule has 0 saturated carbocycles. The van der Waals surface area contributed by atoms with Crippen molar-refractivity contribution in [2.45, 2.75) is 11.4 Å². The van der Waals surface area contributed by atoms with E-state index < -0.39 is 9.84 Å². The lowest BCUT2D eigenvalue weighted by Crippen LogP contribution is -2.42. The highest BCUT2D eigenvalue weighted by Crippen LogP contribution is 2.35. The molecule has 0 radical (unpaired) electrons. The number of hydrogen-bond donors (Lipinski definition) is 2. The summed E-state index contributed by atoms with van der Waals surface area (Å²) in [5, 5.41) is 1.97. The van der Waals surface area contributed by atoms with Crippen molar-refractivity contribution in [2.24, 2.45) is 4.99 Å². The minimum absolute atomic E-state index is 0.0279. The number of amidine groups is 1. The lowest BCUT2D eigenvalue weighted by atomic mass is 10.1. The molecule has 2 aliphatic heterocycles. The lowest BCUT2D eigenvalue weighted by Gasteiger charge is -2.31. The average molecular weight is 466 g/mol. The van der Waals surface area contributed by atoms with Crippen LogP contribution in [-0.4, -0.2) is 26.2 Å². The molecule has 0 aromatic heterocycles.